The van der Waals surface area contributed by atoms with Gasteiger partial charge in [-0.05, 0) is 54.9 Å². The molecule has 18 heavy (non-hydrogen) atoms. The summed E-state index contributed by atoms with van der Waals surface area (Å²) in [5.41, 5.74) is 2.92. The van der Waals surface area contributed by atoms with Crippen LogP contribution >= 0.6 is 15.9 Å². The molecule has 0 heterocycles. The maximum Gasteiger partial charge on any atom is 0.0580 e. The molecule has 2 aliphatic rings. The highest BCUT2D eigenvalue weighted by Crippen LogP contribution is 2.33. The second-order valence-corrected chi connectivity index (χ2v) is 6.52. The Morgan fingerprint density at radius 1 is 1.28 bits per heavy atom. The van der Waals surface area contributed by atoms with Crippen LogP contribution in [0.5, 0.6) is 0 Å². The number of aryl methyl sites for hydroxylation is 1. The molecule has 1 aromatic rings. The molecule has 2 N–H and O–H groups in total. The molecule has 3 atom stereocenters. The van der Waals surface area contributed by atoms with E-state index in [4.69, 9.17) is 0 Å². The summed E-state index contributed by atoms with van der Waals surface area (Å²) in [4.78, 5) is 0. The lowest BCUT2D eigenvalue weighted by Crippen LogP contribution is -2.30. The van der Waals surface area contributed by atoms with Crippen LogP contribution in [-0.2, 0) is 6.42 Å². The van der Waals surface area contributed by atoms with Gasteiger partial charge >= 0.3 is 0 Å². The van der Waals surface area contributed by atoms with Gasteiger partial charge in [0.25, 0.3) is 0 Å². The maximum atomic E-state index is 9.85. The van der Waals surface area contributed by atoms with E-state index < -0.39 is 0 Å². The van der Waals surface area contributed by atoms with Crippen LogP contribution in [0, 0.1) is 5.92 Å². The van der Waals surface area contributed by atoms with Crippen LogP contribution in [0.3, 0.4) is 0 Å². The first-order valence-corrected chi connectivity index (χ1v) is 7.73. The Balaban J connectivity index is 1.62. The summed E-state index contributed by atoms with van der Waals surface area (Å²) < 4.78 is 1.17. The zero-order valence-electron chi connectivity index (χ0n) is 10.5. The van der Waals surface area contributed by atoms with E-state index in [2.05, 4.69) is 39.4 Å². The average molecular weight is 310 g/mol. The lowest BCUT2D eigenvalue weighted by Gasteiger charge is -2.19. The molecule has 1 aromatic carbocycles. The van der Waals surface area contributed by atoms with Crippen LogP contribution in [0.4, 0.5) is 0 Å². The molecule has 0 amide bonds. The van der Waals surface area contributed by atoms with Gasteiger partial charge in [-0.25, -0.2) is 0 Å². The molecule has 98 valence electrons. The minimum Gasteiger partial charge on any atom is -0.393 e. The fourth-order valence-electron chi connectivity index (χ4n) is 3.35. The maximum absolute atomic E-state index is 9.85. The second kappa shape index (κ2) is 5.32. The predicted molar refractivity (Wildman–Crippen MR) is 76.6 cm³/mol. The number of hydrogen-bond acceptors (Lipinski definition) is 2. The number of aliphatic hydroxyl groups is 1. The summed E-state index contributed by atoms with van der Waals surface area (Å²) in [5, 5.41) is 13.5. The highest BCUT2D eigenvalue weighted by Gasteiger charge is 2.27. The molecular formula is C15H20BrNO. The monoisotopic (exact) mass is 309 g/mol. The van der Waals surface area contributed by atoms with E-state index in [-0.39, 0.29) is 6.10 Å². The molecule has 0 spiro atoms. The van der Waals surface area contributed by atoms with Gasteiger partial charge in [-0.3, -0.25) is 0 Å². The zero-order valence-corrected chi connectivity index (χ0v) is 12.1. The van der Waals surface area contributed by atoms with Gasteiger partial charge in [0.1, 0.15) is 0 Å². The summed E-state index contributed by atoms with van der Waals surface area (Å²) in [6, 6.07) is 7.08. The van der Waals surface area contributed by atoms with Crippen molar-refractivity contribution in [2.24, 2.45) is 5.92 Å². The van der Waals surface area contributed by atoms with Crippen molar-refractivity contribution in [2.75, 3.05) is 6.54 Å². The van der Waals surface area contributed by atoms with Gasteiger partial charge in [-0.1, -0.05) is 28.4 Å². The quantitative estimate of drug-likeness (QED) is 0.899. The van der Waals surface area contributed by atoms with Gasteiger partial charge < -0.3 is 10.4 Å². The molecule has 2 nitrogen and oxygen atoms in total. The van der Waals surface area contributed by atoms with Gasteiger partial charge in [-0.15, -0.1) is 0 Å². The molecule has 0 aromatic heterocycles. The average Bonchev–Trinajstić information content (AvgIpc) is 2.93. The topological polar surface area (TPSA) is 32.3 Å². The number of halogens is 1. The van der Waals surface area contributed by atoms with E-state index in [1.165, 1.54) is 41.3 Å². The van der Waals surface area contributed by atoms with Crippen LogP contribution in [0.1, 0.15) is 42.9 Å². The van der Waals surface area contributed by atoms with E-state index in [0.717, 1.165) is 13.0 Å². The third-order valence-electron chi connectivity index (χ3n) is 4.43. The minimum atomic E-state index is -0.0803. The molecule has 0 radical (unpaired) electrons. The summed E-state index contributed by atoms with van der Waals surface area (Å²) in [6.45, 7) is 0.960. The van der Waals surface area contributed by atoms with Crippen LogP contribution in [-0.4, -0.2) is 17.8 Å². The van der Waals surface area contributed by atoms with Crippen molar-refractivity contribution in [3.05, 3.63) is 33.8 Å². The van der Waals surface area contributed by atoms with Crippen LogP contribution in [0.25, 0.3) is 0 Å². The number of nitrogens with one attached hydrogen (secondary N) is 1. The Hall–Kier alpha value is -0.380. The van der Waals surface area contributed by atoms with Crippen molar-refractivity contribution in [1.82, 2.24) is 5.32 Å². The highest BCUT2D eigenvalue weighted by molar-refractivity contribution is 9.10. The standard InChI is InChI=1S/C15H20BrNO/c16-12-5-6-13-10(8-12)4-7-14(13)17-9-11-2-1-3-15(11)18/h5-6,8,11,14-15,17-18H,1-4,7,9H2. The van der Waals surface area contributed by atoms with E-state index in [9.17, 15) is 5.11 Å². The number of aliphatic hydroxyl groups excluding tert-OH is 1. The summed E-state index contributed by atoms with van der Waals surface area (Å²) in [7, 11) is 0. The molecule has 3 rings (SSSR count). The Kier molecular flexibility index (Phi) is 3.73. The van der Waals surface area contributed by atoms with Crippen molar-refractivity contribution in [3.8, 4) is 0 Å². The van der Waals surface area contributed by atoms with Crippen molar-refractivity contribution < 1.29 is 5.11 Å². The summed E-state index contributed by atoms with van der Waals surface area (Å²) in [5.74, 6) is 0.462. The molecule has 1 fully saturated rings. The van der Waals surface area contributed by atoms with Crippen molar-refractivity contribution in [1.29, 1.82) is 0 Å². The molecule has 3 unspecified atom stereocenters. The minimum absolute atomic E-state index is 0.0803. The molecule has 0 aliphatic heterocycles. The van der Waals surface area contributed by atoms with E-state index in [1.807, 2.05) is 0 Å². The molecule has 1 saturated carbocycles. The number of benzene rings is 1. The lowest BCUT2D eigenvalue weighted by atomic mass is 10.0. The Labute approximate surface area is 117 Å². The summed E-state index contributed by atoms with van der Waals surface area (Å²) in [6.07, 6.45) is 5.62. The highest BCUT2D eigenvalue weighted by atomic mass is 79.9. The first kappa shape index (κ1) is 12.6. The van der Waals surface area contributed by atoms with Crippen LogP contribution < -0.4 is 5.32 Å². The van der Waals surface area contributed by atoms with Gasteiger partial charge in [0.15, 0.2) is 0 Å². The van der Waals surface area contributed by atoms with E-state index >= 15 is 0 Å². The first-order chi connectivity index (χ1) is 8.74. The van der Waals surface area contributed by atoms with Gasteiger partial charge in [0.05, 0.1) is 6.10 Å². The molecule has 3 heteroatoms. The lowest BCUT2D eigenvalue weighted by molar-refractivity contribution is 0.130. The Bertz CT molecular complexity index is 435. The SMILES string of the molecule is OC1CCCC1CNC1CCc2cc(Br)ccc21. The Morgan fingerprint density at radius 2 is 2.17 bits per heavy atom. The predicted octanol–water partition coefficient (Wildman–Crippen LogP) is 3.19. The van der Waals surface area contributed by atoms with Crippen LogP contribution in [0.2, 0.25) is 0 Å². The molecule has 0 saturated heterocycles. The first-order valence-electron chi connectivity index (χ1n) is 6.94. The van der Waals surface area contributed by atoms with Crippen molar-refractivity contribution in [3.63, 3.8) is 0 Å². The van der Waals surface area contributed by atoms with Gasteiger partial charge in [0.2, 0.25) is 0 Å². The molecule has 0 bridgehead atoms. The smallest absolute Gasteiger partial charge is 0.0580 e. The third-order valence-corrected chi connectivity index (χ3v) is 4.92. The number of rotatable bonds is 3. The van der Waals surface area contributed by atoms with Crippen molar-refractivity contribution in [2.45, 2.75) is 44.2 Å². The van der Waals surface area contributed by atoms with Crippen molar-refractivity contribution >= 4 is 15.9 Å². The largest absolute Gasteiger partial charge is 0.393 e. The normalized spacial score (nSPS) is 30.7. The van der Waals surface area contributed by atoms with E-state index in [1.54, 1.807) is 0 Å². The molecular weight excluding hydrogens is 290 g/mol. The fraction of sp³-hybridized carbons (Fsp3) is 0.600. The van der Waals surface area contributed by atoms with E-state index in [0.29, 0.717) is 12.0 Å². The van der Waals surface area contributed by atoms with Gasteiger partial charge in [-0.2, -0.15) is 0 Å². The van der Waals surface area contributed by atoms with Crippen LogP contribution in [0.15, 0.2) is 22.7 Å². The summed E-state index contributed by atoms with van der Waals surface area (Å²) >= 11 is 3.53. The Morgan fingerprint density at radius 3 is 2.94 bits per heavy atom. The zero-order chi connectivity index (χ0) is 12.5. The van der Waals surface area contributed by atoms with Gasteiger partial charge in [0, 0.05) is 17.1 Å². The number of hydrogen-bond donors (Lipinski definition) is 2. The second-order valence-electron chi connectivity index (χ2n) is 5.60. The third kappa shape index (κ3) is 2.49. The fourth-order valence-corrected chi connectivity index (χ4v) is 3.76. The number of fused-ring (bicyclic) bond motifs is 1. The molecule has 2 aliphatic carbocycles.